The van der Waals surface area contributed by atoms with Crippen molar-refractivity contribution in [2.45, 2.75) is 0 Å². The number of nitrogens with one attached hydrogen (secondary N) is 1. The van der Waals surface area contributed by atoms with E-state index in [2.05, 4.69) is 36.8 Å². The van der Waals surface area contributed by atoms with Crippen molar-refractivity contribution in [3.63, 3.8) is 0 Å². The molecule has 0 heterocycles. The minimum absolute atomic E-state index is 0.924. The van der Waals surface area contributed by atoms with Gasteiger partial charge in [0.15, 0.2) is 0 Å². The summed E-state index contributed by atoms with van der Waals surface area (Å²) in [6, 6.07) is 19.6. The monoisotopic (exact) mass is 252 g/mol. The molecule has 2 nitrogen and oxygen atoms in total. The van der Waals surface area contributed by atoms with Gasteiger partial charge in [0.25, 0.3) is 0 Å². The van der Waals surface area contributed by atoms with Gasteiger partial charge in [0.05, 0.1) is 5.69 Å². The molecule has 0 amide bonds. The molecule has 0 radical (unpaired) electrons. The Morgan fingerprint density at radius 1 is 0.842 bits per heavy atom. The first-order chi connectivity index (χ1) is 9.36. The van der Waals surface area contributed by atoms with E-state index in [0.29, 0.717) is 0 Å². The van der Waals surface area contributed by atoms with Gasteiger partial charge in [-0.05, 0) is 37.2 Å². The standard InChI is InChI=1S/C8H9N.C7H7N.C2H4/c1-2-9-8-6-4-3-5-7-8;1-8-7-5-3-2-4-6-7;1-2/h2-7,9H,1H2;2-6H,1H2;1-2H2. The number of nitrogens with zero attached hydrogens (tertiary/aromatic N) is 1. The molecule has 19 heavy (non-hydrogen) atoms. The number of anilines is 1. The summed E-state index contributed by atoms with van der Waals surface area (Å²) in [7, 11) is 0. The van der Waals surface area contributed by atoms with Crippen LogP contribution in [0.15, 0.2) is 91.6 Å². The first-order valence-corrected chi connectivity index (χ1v) is 5.81. The Morgan fingerprint density at radius 3 is 1.68 bits per heavy atom. The van der Waals surface area contributed by atoms with Gasteiger partial charge >= 0.3 is 0 Å². The molecule has 2 aromatic rings. The second kappa shape index (κ2) is 11.9. The fourth-order valence-electron chi connectivity index (χ4n) is 1.19. The smallest absolute Gasteiger partial charge is 0.0622 e. The predicted molar refractivity (Wildman–Crippen MR) is 87.2 cm³/mol. The van der Waals surface area contributed by atoms with Crippen LogP contribution in [-0.4, -0.2) is 6.72 Å². The molecule has 0 aliphatic heterocycles. The van der Waals surface area contributed by atoms with E-state index in [0.717, 1.165) is 11.4 Å². The second-order valence-electron chi connectivity index (χ2n) is 3.21. The Hall–Kier alpha value is -2.61. The third-order valence-corrected chi connectivity index (χ3v) is 1.98. The van der Waals surface area contributed by atoms with E-state index >= 15 is 0 Å². The first kappa shape index (κ1) is 16.4. The maximum absolute atomic E-state index is 3.72. The highest BCUT2D eigenvalue weighted by atomic mass is 14.8. The molecule has 0 spiro atoms. The number of rotatable bonds is 3. The van der Waals surface area contributed by atoms with E-state index < -0.39 is 0 Å². The summed E-state index contributed by atoms with van der Waals surface area (Å²) >= 11 is 0. The van der Waals surface area contributed by atoms with Crippen LogP contribution in [0, 0.1) is 0 Å². The minimum atomic E-state index is 0.924. The quantitative estimate of drug-likeness (QED) is 0.599. The fraction of sp³-hybridized carbons (Fsp3) is 0. The summed E-state index contributed by atoms with van der Waals surface area (Å²) in [5.41, 5.74) is 2.00. The minimum Gasteiger partial charge on any atom is -0.362 e. The molecule has 0 aliphatic carbocycles. The average molecular weight is 252 g/mol. The Kier molecular flexibility index (Phi) is 10.2. The summed E-state index contributed by atoms with van der Waals surface area (Å²) in [6.45, 7) is 12.9. The van der Waals surface area contributed by atoms with Crippen molar-refractivity contribution in [3.8, 4) is 0 Å². The highest BCUT2D eigenvalue weighted by molar-refractivity contribution is 5.44. The zero-order valence-corrected chi connectivity index (χ0v) is 11.1. The van der Waals surface area contributed by atoms with Crippen molar-refractivity contribution in [2.75, 3.05) is 5.32 Å². The summed E-state index contributed by atoms with van der Waals surface area (Å²) in [5, 5.41) is 2.97. The molecule has 0 aliphatic rings. The Bertz CT molecular complexity index is 449. The third kappa shape index (κ3) is 8.16. The molecule has 0 saturated carbocycles. The van der Waals surface area contributed by atoms with Crippen molar-refractivity contribution in [2.24, 2.45) is 4.99 Å². The van der Waals surface area contributed by atoms with E-state index in [1.54, 1.807) is 6.20 Å². The largest absolute Gasteiger partial charge is 0.362 e. The van der Waals surface area contributed by atoms with Gasteiger partial charge in [-0.15, -0.1) is 13.2 Å². The molecular formula is C17H20N2. The Morgan fingerprint density at radius 2 is 1.32 bits per heavy atom. The summed E-state index contributed by atoms with van der Waals surface area (Å²) in [6.07, 6.45) is 1.66. The highest BCUT2D eigenvalue weighted by Gasteiger charge is 1.79. The van der Waals surface area contributed by atoms with Crippen molar-refractivity contribution in [1.82, 2.24) is 0 Å². The van der Waals surface area contributed by atoms with Crippen molar-refractivity contribution in [3.05, 3.63) is 86.6 Å². The van der Waals surface area contributed by atoms with Crippen molar-refractivity contribution < 1.29 is 0 Å². The molecule has 2 rings (SSSR count). The Balaban J connectivity index is 0.000000303. The van der Waals surface area contributed by atoms with Gasteiger partial charge in [-0.25, -0.2) is 0 Å². The first-order valence-electron chi connectivity index (χ1n) is 5.81. The number of benzene rings is 2. The SMILES string of the molecule is C=C.C=CNc1ccccc1.C=Nc1ccccc1. The molecule has 2 heteroatoms. The van der Waals surface area contributed by atoms with Crippen LogP contribution in [-0.2, 0) is 0 Å². The number of aliphatic imine (C=N–C) groups is 1. The molecule has 1 N–H and O–H groups in total. The van der Waals surface area contributed by atoms with Gasteiger partial charge in [0.1, 0.15) is 0 Å². The summed E-state index contributed by atoms with van der Waals surface area (Å²) < 4.78 is 0. The average Bonchev–Trinajstić information content (AvgIpc) is 2.52. The van der Waals surface area contributed by atoms with Gasteiger partial charge in [0, 0.05) is 5.69 Å². The zero-order valence-electron chi connectivity index (χ0n) is 11.1. The molecule has 0 atom stereocenters. The van der Waals surface area contributed by atoms with Gasteiger partial charge < -0.3 is 5.32 Å². The molecule has 98 valence electrons. The number of hydrogen-bond donors (Lipinski definition) is 1. The van der Waals surface area contributed by atoms with Crippen molar-refractivity contribution in [1.29, 1.82) is 0 Å². The van der Waals surface area contributed by atoms with Gasteiger partial charge in [-0.3, -0.25) is 4.99 Å². The molecular weight excluding hydrogens is 232 g/mol. The van der Waals surface area contributed by atoms with E-state index in [9.17, 15) is 0 Å². The lowest BCUT2D eigenvalue weighted by Crippen LogP contribution is -1.82. The van der Waals surface area contributed by atoms with Gasteiger partial charge in [-0.2, -0.15) is 0 Å². The lowest BCUT2D eigenvalue weighted by molar-refractivity contribution is 1.55. The van der Waals surface area contributed by atoms with Crippen LogP contribution < -0.4 is 5.32 Å². The molecule has 0 saturated heterocycles. The summed E-state index contributed by atoms with van der Waals surface area (Å²) in [4.78, 5) is 3.72. The van der Waals surface area contributed by atoms with Gasteiger partial charge in [0.2, 0.25) is 0 Å². The van der Waals surface area contributed by atoms with Crippen LogP contribution in [0.4, 0.5) is 11.4 Å². The molecule has 0 unspecified atom stereocenters. The fourth-order valence-corrected chi connectivity index (χ4v) is 1.19. The van der Waals surface area contributed by atoms with Crippen LogP contribution >= 0.6 is 0 Å². The maximum Gasteiger partial charge on any atom is 0.0622 e. The summed E-state index contributed by atoms with van der Waals surface area (Å²) in [5.74, 6) is 0. The van der Waals surface area contributed by atoms with Crippen molar-refractivity contribution >= 4 is 18.1 Å². The van der Waals surface area contributed by atoms with E-state index in [1.165, 1.54) is 0 Å². The van der Waals surface area contributed by atoms with E-state index in [1.807, 2.05) is 60.7 Å². The van der Waals surface area contributed by atoms with Crippen LogP contribution in [0.25, 0.3) is 0 Å². The van der Waals surface area contributed by atoms with Gasteiger partial charge in [-0.1, -0.05) is 43.0 Å². The van der Waals surface area contributed by atoms with Crippen LogP contribution in [0.5, 0.6) is 0 Å². The van der Waals surface area contributed by atoms with Crippen LogP contribution in [0.3, 0.4) is 0 Å². The normalized spacial score (nSPS) is 7.79. The van der Waals surface area contributed by atoms with E-state index in [-0.39, 0.29) is 0 Å². The molecule has 0 aromatic heterocycles. The predicted octanol–water partition coefficient (Wildman–Crippen LogP) is 5.06. The lowest BCUT2D eigenvalue weighted by Gasteiger charge is -1.95. The second-order valence-corrected chi connectivity index (χ2v) is 3.21. The number of para-hydroxylation sites is 2. The molecule has 0 bridgehead atoms. The van der Waals surface area contributed by atoms with Crippen LogP contribution in [0.1, 0.15) is 0 Å². The lowest BCUT2D eigenvalue weighted by atomic mass is 10.3. The topological polar surface area (TPSA) is 24.4 Å². The third-order valence-electron chi connectivity index (χ3n) is 1.98. The maximum atomic E-state index is 3.72. The molecule has 0 fully saturated rings. The highest BCUT2D eigenvalue weighted by Crippen LogP contribution is 2.06. The van der Waals surface area contributed by atoms with E-state index in [4.69, 9.17) is 0 Å². The number of hydrogen-bond acceptors (Lipinski definition) is 2. The zero-order chi connectivity index (χ0) is 14.3. The molecule has 2 aromatic carbocycles. The van der Waals surface area contributed by atoms with Crippen LogP contribution in [0.2, 0.25) is 0 Å². The Labute approximate surface area is 115 Å².